The van der Waals surface area contributed by atoms with Gasteiger partial charge in [0.25, 0.3) is 0 Å². The van der Waals surface area contributed by atoms with Crippen LogP contribution in [-0.2, 0) is 0 Å². The lowest BCUT2D eigenvalue weighted by Crippen LogP contribution is -2.74. The van der Waals surface area contributed by atoms with E-state index in [2.05, 4.69) is 311 Å². The number of nitrogens with zero attached hydrogens (tertiary/aromatic N) is 3. The molecule has 0 fully saturated rings. The summed E-state index contributed by atoms with van der Waals surface area (Å²) < 4.78 is 7.40. The van der Waals surface area contributed by atoms with E-state index in [4.69, 9.17) is 0 Å². The van der Waals surface area contributed by atoms with E-state index in [0.29, 0.717) is 0 Å². The Morgan fingerprint density at radius 3 is 1.28 bits per heavy atom. The zero-order chi connectivity index (χ0) is 50.2. The molecule has 0 radical (unpaired) electrons. The van der Waals surface area contributed by atoms with Gasteiger partial charge in [0.15, 0.2) is 8.07 Å². The van der Waals surface area contributed by atoms with Crippen LogP contribution in [-0.4, -0.2) is 21.8 Å². The minimum atomic E-state index is -2.82. The van der Waals surface area contributed by atoms with Gasteiger partial charge < -0.3 is 13.7 Å². The van der Waals surface area contributed by atoms with E-state index in [-0.39, 0.29) is 0 Å². The molecule has 12 aromatic carbocycles. The van der Waals surface area contributed by atoms with Crippen LogP contribution in [0.2, 0.25) is 0 Å². The van der Waals surface area contributed by atoms with Crippen molar-refractivity contribution in [1.29, 1.82) is 0 Å². The molecule has 0 atom stereocenters. The third kappa shape index (κ3) is 6.74. The number of fused-ring (bicyclic) bond motifs is 9. The minimum Gasteiger partial charge on any atom is -0.309 e. The number of rotatable bonds is 9. The average Bonchev–Trinajstić information content (AvgIpc) is 4.23. The first-order chi connectivity index (χ1) is 37.7. The zero-order valence-corrected chi connectivity index (χ0v) is 42.6. The summed E-state index contributed by atoms with van der Waals surface area (Å²) >= 11 is 0. The van der Waals surface area contributed by atoms with Crippen LogP contribution < -0.4 is 20.7 Å². The second-order valence-electron chi connectivity index (χ2n) is 20.0. The van der Waals surface area contributed by atoms with E-state index in [0.717, 1.165) is 17.1 Å². The Morgan fingerprint density at radius 1 is 0.211 bits per heavy atom. The molecule has 0 N–H and O–H groups in total. The molecule has 3 nitrogen and oxygen atoms in total. The fourth-order valence-electron chi connectivity index (χ4n) is 12.7. The lowest BCUT2D eigenvalue weighted by atomic mass is 10.0. The third-order valence-corrected chi connectivity index (χ3v) is 20.8. The van der Waals surface area contributed by atoms with Crippen molar-refractivity contribution in [2.24, 2.45) is 0 Å². The molecule has 0 saturated carbocycles. The normalized spacial score (nSPS) is 11.9. The van der Waals surface area contributed by atoms with E-state index in [9.17, 15) is 0 Å². The average molecular weight is 984 g/mol. The summed E-state index contributed by atoms with van der Waals surface area (Å²) in [5.74, 6) is 0. The van der Waals surface area contributed by atoms with Crippen LogP contribution in [0.5, 0.6) is 0 Å². The van der Waals surface area contributed by atoms with Crippen molar-refractivity contribution < 1.29 is 0 Å². The fraction of sp³-hybridized carbons (Fsp3) is 0. The number of hydrogen-bond donors (Lipinski definition) is 0. The van der Waals surface area contributed by atoms with Gasteiger partial charge in [0, 0.05) is 49.3 Å². The summed E-state index contributed by atoms with van der Waals surface area (Å²) in [4.78, 5) is 0. The molecular weight excluding hydrogens is 935 g/mol. The van der Waals surface area contributed by atoms with Crippen molar-refractivity contribution >= 4 is 94.2 Å². The van der Waals surface area contributed by atoms with Gasteiger partial charge in [-0.2, -0.15) is 0 Å². The van der Waals surface area contributed by atoms with E-state index >= 15 is 0 Å². The van der Waals surface area contributed by atoms with E-state index < -0.39 is 8.07 Å². The summed E-state index contributed by atoms with van der Waals surface area (Å²) in [6, 6.07) is 110. The van der Waals surface area contributed by atoms with Crippen LogP contribution in [0.15, 0.2) is 297 Å². The van der Waals surface area contributed by atoms with Gasteiger partial charge in [0.05, 0.1) is 38.8 Å². The van der Waals surface area contributed by atoms with Crippen LogP contribution in [0.3, 0.4) is 0 Å². The van der Waals surface area contributed by atoms with Gasteiger partial charge in [-0.15, -0.1) is 0 Å². The first-order valence-electron chi connectivity index (χ1n) is 26.3. The third-order valence-electron chi connectivity index (χ3n) is 16.0. The van der Waals surface area contributed by atoms with Gasteiger partial charge in [0.2, 0.25) is 0 Å². The van der Waals surface area contributed by atoms with Crippen LogP contribution in [0.25, 0.3) is 105 Å². The first kappa shape index (κ1) is 43.8. The second-order valence-corrected chi connectivity index (χ2v) is 23.8. The quantitative estimate of drug-likeness (QED) is 0.101. The van der Waals surface area contributed by atoms with Gasteiger partial charge in [-0.05, 0) is 110 Å². The molecule has 3 aromatic heterocycles. The molecule has 3 heterocycles. The topological polar surface area (TPSA) is 14.8 Å². The summed E-state index contributed by atoms with van der Waals surface area (Å²) in [5, 5.41) is 12.8. The molecule has 76 heavy (non-hydrogen) atoms. The summed E-state index contributed by atoms with van der Waals surface area (Å²) in [5.41, 5.74) is 15.3. The molecule has 0 aliphatic carbocycles. The molecule has 0 saturated heterocycles. The summed E-state index contributed by atoms with van der Waals surface area (Å²) in [6.45, 7) is 0. The van der Waals surface area contributed by atoms with Crippen LogP contribution in [0.4, 0.5) is 0 Å². The van der Waals surface area contributed by atoms with Crippen LogP contribution in [0, 0.1) is 0 Å². The van der Waals surface area contributed by atoms with E-state index in [1.54, 1.807) is 0 Å². The van der Waals surface area contributed by atoms with Gasteiger partial charge in [-0.1, -0.05) is 224 Å². The lowest BCUT2D eigenvalue weighted by molar-refractivity contribution is 1.16. The predicted octanol–water partition coefficient (Wildman–Crippen LogP) is 15.7. The molecule has 0 aliphatic heterocycles. The molecule has 0 aliphatic rings. The lowest BCUT2D eigenvalue weighted by Gasteiger charge is -2.34. The van der Waals surface area contributed by atoms with Crippen molar-refractivity contribution in [2.75, 3.05) is 0 Å². The molecule has 0 bridgehead atoms. The molecule has 0 amide bonds. The van der Waals surface area contributed by atoms with Gasteiger partial charge in [-0.25, -0.2) is 0 Å². The number of hydrogen-bond acceptors (Lipinski definition) is 0. The highest BCUT2D eigenvalue weighted by atomic mass is 28.3. The van der Waals surface area contributed by atoms with Crippen LogP contribution >= 0.6 is 0 Å². The Labute approximate surface area is 442 Å². The molecule has 0 unspecified atom stereocenters. The van der Waals surface area contributed by atoms with E-state index in [1.807, 2.05) is 0 Å². The number of benzene rings is 12. The molecule has 15 rings (SSSR count). The second kappa shape index (κ2) is 17.7. The Kier molecular flexibility index (Phi) is 10.2. The minimum absolute atomic E-state index is 1.13. The summed E-state index contributed by atoms with van der Waals surface area (Å²) in [6.07, 6.45) is 0. The van der Waals surface area contributed by atoms with Gasteiger partial charge in [-0.3, -0.25) is 0 Å². The van der Waals surface area contributed by atoms with Crippen molar-refractivity contribution in [1.82, 2.24) is 13.7 Å². The fourth-order valence-corrected chi connectivity index (χ4v) is 17.5. The molecule has 0 spiro atoms. The Morgan fingerprint density at radius 2 is 0.658 bits per heavy atom. The smallest absolute Gasteiger partial charge is 0.179 e. The van der Waals surface area contributed by atoms with Crippen molar-refractivity contribution in [3.63, 3.8) is 0 Å². The van der Waals surface area contributed by atoms with Gasteiger partial charge in [0.1, 0.15) is 0 Å². The maximum atomic E-state index is 2.53. The molecular formula is C72H49N3Si. The van der Waals surface area contributed by atoms with Crippen molar-refractivity contribution in [3.8, 4) is 39.3 Å². The zero-order valence-electron chi connectivity index (χ0n) is 41.6. The summed E-state index contributed by atoms with van der Waals surface area (Å²) in [7, 11) is -2.82. The molecule has 356 valence electrons. The van der Waals surface area contributed by atoms with Gasteiger partial charge >= 0.3 is 0 Å². The monoisotopic (exact) mass is 983 g/mol. The number of para-hydroxylation sites is 4. The molecule has 15 aromatic rings. The Balaban J connectivity index is 0.907. The largest absolute Gasteiger partial charge is 0.309 e. The highest BCUT2D eigenvalue weighted by Crippen LogP contribution is 2.41. The van der Waals surface area contributed by atoms with Crippen molar-refractivity contribution in [2.45, 2.75) is 0 Å². The Bertz CT molecular complexity index is 4590. The standard InChI is InChI=1S/C72H49N3Si/c1-5-22-50(23-6-1)51-24-21-25-53(46-51)73-68-38-19-16-35-62(68)65-48-54(41-45-71(65)73)74-67-37-18-15-34-61(67)64-47-52(40-44-70(64)74)59-32-13-17-36-66(59)75-69-39-20-14-33-60(69)63-43-42-58(49-72(63)75)76(55-26-7-2-8-27-55,56-28-9-3-10-29-56)57-30-11-4-12-31-57/h1-49H. The Hall–Kier alpha value is -9.74. The SMILES string of the molecule is c1ccc(-c2cccc(-n3c4ccccc4c4cc(-n5c6ccccc6c6cc(-c7ccccc7-n7c8ccccc8c8ccc([Si](c9ccccc9)(c9ccccc9)c9ccccc9)cc87)ccc65)ccc43)c2)cc1. The maximum Gasteiger partial charge on any atom is 0.179 e. The highest BCUT2D eigenvalue weighted by Gasteiger charge is 2.41. The maximum absolute atomic E-state index is 2.82. The van der Waals surface area contributed by atoms with E-state index in [1.165, 1.54) is 108 Å². The van der Waals surface area contributed by atoms with Crippen molar-refractivity contribution in [3.05, 3.63) is 297 Å². The van der Waals surface area contributed by atoms with Crippen LogP contribution in [0.1, 0.15) is 0 Å². The predicted molar refractivity (Wildman–Crippen MR) is 324 cm³/mol. The highest BCUT2D eigenvalue weighted by molar-refractivity contribution is 7.20. The number of aromatic nitrogens is 3. The first-order valence-corrected chi connectivity index (χ1v) is 28.3. The molecule has 4 heteroatoms.